The SMILES string of the molecule is CCC(C)[B]O[C@@H]1[C@@H]([C@H]2COC(C)(C)O2)OC2OC(C)(C)O[C@@H]21. The normalized spacial score (nSPS) is 42.6. The minimum Gasteiger partial charge on any atom is -0.432 e. The second-order valence-corrected chi connectivity index (χ2v) is 7.56. The Kier molecular flexibility index (Phi) is 4.82. The van der Waals surface area contributed by atoms with Gasteiger partial charge in [0.05, 0.1) is 6.61 Å². The van der Waals surface area contributed by atoms with E-state index in [1.807, 2.05) is 35.2 Å². The fourth-order valence-electron chi connectivity index (χ4n) is 3.16. The van der Waals surface area contributed by atoms with Crippen molar-refractivity contribution in [3.05, 3.63) is 0 Å². The molecule has 3 fully saturated rings. The predicted octanol–water partition coefficient (Wildman–Crippen LogP) is 2.24. The Morgan fingerprint density at radius 3 is 2.43 bits per heavy atom. The minimum absolute atomic E-state index is 0.193. The van der Waals surface area contributed by atoms with Crippen LogP contribution in [0, 0.1) is 0 Å². The van der Waals surface area contributed by atoms with Crippen LogP contribution in [0.3, 0.4) is 0 Å². The average Bonchev–Trinajstić information content (AvgIpc) is 3.05. The fraction of sp³-hybridized carbons (Fsp3) is 1.00. The molecule has 3 saturated heterocycles. The van der Waals surface area contributed by atoms with Crippen molar-refractivity contribution in [2.75, 3.05) is 6.61 Å². The van der Waals surface area contributed by atoms with Crippen molar-refractivity contribution >= 4 is 7.48 Å². The zero-order valence-corrected chi connectivity index (χ0v) is 14.9. The van der Waals surface area contributed by atoms with Crippen LogP contribution in [-0.4, -0.2) is 56.4 Å². The lowest BCUT2D eigenvalue weighted by molar-refractivity contribution is -0.230. The van der Waals surface area contributed by atoms with Gasteiger partial charge < -0.3 is 28.3 Å². The first-order chi connectivity index (χ1) is 10.7. The van der Waals surface area contributed by atoms with E-state index in [-0.39, 0.29) is 24.4 Å². The molecule has 0 bridgehead atoms. The molecule has 0 aliphatic carbocycles. The summed E-state index contributed by atoms with van der Waals surface area (Å²) in [6.45, 7) is 12.3. The van der Waals surface area contributed by atoms with Crippen LogP contribution in [0.2, 0.25) is 5.82 Å². The Labute approximate surface area is 139 Å². The van der Waals surface area contributed by atoms with E-state index in [0.717, 1.165) is 6.42 Å². The Hall–Kier alpha value is -0.175. The lowest BCUT2D eigenvalue weighted by Crippen LogP contribution is -2.45. The molecular formula is C16H28BO6. The molecular weight excluding hydrogens is 299 g/mol. The van der Waals surface area contributed by atoms with Crippen LogP contribution in [0.15, 0.2) is 0 Å². The molecule has 0 aromatic carbocycles. The third-order valence-corrected chi connectivity index (χ3v) is 4.54. The molecule has 3 aliphatic heterocycles. The van der Waals surface area contributed by atoms with Crippen molar-refractivity contribution in [3.8, 4) is 0 Å². The Bertz CT molecular complexity index is 429. The van der Waals surface area contributed by atoms with Crippen molar-refractivity contribution in [1.29, 1.82) is 0 Å². The molecule has 3 aliphatic rings. The van der Waals surface area contributed by atoms with Crippen LogP contribution in [0.1, 0.15) is 48.0 Å². The van der Waals surface area contributed by atoms with E-state index in [1.165, 1.54) is 0 Å². The summed E-state index contributed by atoms with van der Waals surface area (Å²) in [6.07, 6.45) is -0.409. The summed E-state index contributed by atoms with van der Waals surface area (Å²) in [5.41, 5.74) is 0. The maximum Gasteiger partial charge on any atom is 0.296 e. The molecule has 6 nitrogen and oxygen atoms in total. The van der Waals surface area contributed by atoms with Crippen LogP contribution in [0.4, 0.5) is 0 Å². The average molecular weight is 327 g/mol. The van der Waals surface area contributed by atoms with Gasteiger partial charge in [0.2, 0.25) is 0 Å². The van der Waals surface area contributed by atoms with E-state index < -0.39 is 17.9 Å². The van der Waals surface area contributed by atoms with Gasteiger partial charge in [0.15, 0.2) is 17.9 Å². The Morgan fingerprint density at radius 2 is 1.83 bits per heavy atom. The highest BCUT2D eigenvalue weighted by Crippen LogP contribution is 2.42. The smallest absolute Gasteiger partial charge is 0.296 e. The molecule has 1 radical (unpaired) electrons. The molecule has 7 heteroatoms. The maximum atomic E-state index is 6.08. The Balaban J connectivity index is 1.71. The van der Waals surface area contributed by atoms with Crippen LogP contribution >= 0.6 is 0 Å². The van der Waals surface area contributed by atoms with E-state index in [2.05, 4.69) is 13.8 Å². The van der Waals surface area contributed by atoms with E-state index in [9.17, 15) is 0 Å². The van der Waals surface area contributed by atoms with Gasteiger partial charge in [-0.1, -0.05) is 20.3 Å². The van der Waals surface area contributed by atoms with Crippen LogP contribution in [0.25, 0.3) is 0 Å². The summed E-state index contributed by atoms with van der Waals surface area (Å²) < 4.78 is 35.6. The maximum absolute atomic E-state index is 6.08. The predicted molar refractivity (Wildman–Crippen MR) is 83.9 cm³/mol. The van der Waals surface area contributed by atoms with E-state index >= 15 is 0 Å². The molecule has 0 spiro atoms. The molecule has 0 N–H and O–H groups in total. The van der Waals surface area contributed by atoms with Gasteiger partial charge in [-0.15, -0.1) is 0 Å². The lowest BCUT2D eigenvalue weighted by atomic mass is 9.79. The molecule has 0 amide bonds. The van der Waals surface area contributed by atoms with Gasteiger partial charge in [0.1, 0.15) is 24.4 Å². The van der Waals surface area contributed by atoms with Crippen molar-refractivity contribution in [2.24, 2.45) is 0 Å². The fourth-order valence-corrected chi connectivity index (χ4v) is 3.16. The van der Waals surface area contributed by atoms with Crippen LogP contribution in [0.5, 0.6) is 0 Å². The third kappa shape index (κ3) is 3.75. The lowest BCUT2D eigenvalue weighted by Gasteiger charge is -2.29. The number of rotatable bonds is 5. The second kappa shape index (κ2) is 6.28. The molecule has 0 aromatic heterocycles. The number of fused-ring (bicyclic) bond motifs is 1. The summed E-state index contributed by atoms with van der Waals surface area (Å²) >= 11 is 0. The largest absolute Gasteiger partial charge is 0.432 e. The number of hydrogen-bond acceptors (Lipinski definition) is 6. The zero-order chi connectivity index (χ0) is 16.8. The summed E-state index contributed by atoms with van der Waals surface area (Å²) in [7, 11) is 1.87. The summed E-state index contributed by atoms with van der Waals surface area (Å²) in [5.74, 6) is -0.898. The standard InChI is InChI=1S/C16H28BO6/c1-7-9(2)17-23-12-11(10-8-18-15(3,4)20-10)19-14-13(12)21-16(5,6)22-14/h9-14H,7-8H2,1-6H3/t9?,10-,11-,12-,13-,14?/m1/s1. The molecule has 3 rings (SSSR count). The molecule has 3 heterocycles. The van der Waals surface area contributed by atoms with Crippen LogP contribution < -0.4 is 0 Å². The van der Waals surface area contributed by atoms with Crippen molar-refractivity contribution in [2.45, 2.75) is 96.1 Å². The van der Waals surface area contributed by atoms with Gasteiger partial charge in [-0.3, -0.25) is 0 Å². The highest BCUT2D eigenvalue weighted by Gasteiger charge is 2.58. The second-order valence-electron chi connectivity index (χ2n) is 7.56. The van der Waals surface area contributed by atoms with Crippen LogP contribution in [-0.2, 0) is 28.3 Å². The molecule has 0 aromatic rings. The number of ether oxygens (including phenoxy) is 5. The first kappa shape index (κ1) is 17.6. The van der Waals surface area contributed by atoms with E-state index in [0.29, 0.717) is 12.4 Å². The highest BCUT2D eigenvalue weighted by atomic mass is 16.8. The van der Waals surface area contributed by atoms with Gasteiger partial charge in [-0.25, -0.2) is 0 Å². The zero-order valence-electron chi connectivity index (χ0n) is 14.9. The third-order valence-electron chi connectivity index (χ3n) is 4.54. The summed E-state index contributed by atoms with van der Waals surface area (Å²) in [4.78, 5) is 0. The topological polar surface area (TPSA) is 55.4 Å². The Morgan fingerprint density at radius 1 is 1.09 bits per heavy atom. The van der Waals surface area contributed by atoms with E-state index in [4.69, 9.17) is 28.3 Å². The van der Waals surface area contributed by atoms with Crippen molar-refractivity contribution in [3.63, 3.8) is 0 Å². The molecule has 131 valence electrons. The highest BCUT2D eigenvalue weighted by molar-refractivity contribution is 6.29. The molecule has 6 atom stereocenters. The van der Waals surface area contributed by atoms with Gasteiger partial charge in [-0.05, 0) is 33.5 Å². The van der Waals surface area contributed by atoms with Crippen molar-refractivity contribution in [1.82, 2.24) is 0 Å². The van der Waals surface area contributed by atoms with E-state index in [1.54, 1.807) is 0 Å². The van der Waals surface area contributed by atoms with Gasteiger partial charge in [0.25, 0.3) is 7.48 Å². The molecule has 0 saturated carbocycles. The van der Waals surface area contributed by atoms with Crippen molar-refractivity contribution < 1.29 is 28.3 Å². The number of hydrogen-bond donors (Lipinski definition) is 0. The molecule has 23 heavy (non-hydrogen) atoms. The van der Waals surface area contributed by atoms with Gasteiger partial charge >= 0.3 is 0 Å². The van der Waals surface area contributed by atoms with Gasteiger partial charge in [-0.2, -0.15) is 0 Å². The quantitative estimate of drug-likeness (QED) is 0.722. The monoisotopic (exact) mass is 327 g/mol. The van der Waals surface area contributed by atoms with Gasteiger partial charge in [0, 0.05) is 0 Å². The first-order valence-corrected chi connectivity index (χ1v) is 8.52. The summed E-state index contributed by atoms with van der Waals surface area (Å²) in [5, 5.41) is 0. The summed E-state index contributed by atoms with van der Waals surface area (Å²) in [6, 6.07) is 0. The first-order valence-electron chi connectivity index (χ1n) is 8.52. The molecule has 2 unspecified atom stereocenters. The minimum atomic E-state index is -0.662.